The minimum absolute atomic E-state index is 0.0847. The second-order valence-electron chi connectivity index (χ2n) is 8.33. The Morgan fingerprint density at radius 1 is 0.933 bits per heavy atom. The maximum atomic E-state index is 13.2. The van der Waals surface area contributed by atoms with Gasteiger partial charge in [-0.2, -0.15) is 4.31 Å². The van der Waals surface area contributed by atoms with Crippen molar-refractivity contribution < 1.29 is 13.2 Å². The van der Waals surface area contributed by atoms with Gasteiger partial charge in [0.25, 0.3) is 0 Å². The standard InChI is InChI=1S/C23H29N3O3S/c1-17-14-18(2)23(19(3)15-17)30(28,29)25-12-10-24(11-13-25)16-22(27)26-9-8-20-6-4-5-7-21(20)26/h4-7,14-15H,8-13,16H2,1-3H3. The van der Waals surface area contributed by atoms with Gasteiger partial charge >= 0.3 is 0 Å². The van der Waals surface area contributed by atoms with E-state index < -0.39 is 10.0 Å². The zero-order valence-corrected chi connectivity index (χ0v) is 18.7. The molecule has 1 fully saturated rings. The molecule has 0 spiro atoms. The molecule has 0 N–H and O–H groups in total. The molecule has 0 bridgehead atoms. The van der Waals surface area contributed by atoms with Crippen molar-refractivity contribution in [1.29, 1.82) is 0 Å². The lowest BCUT2D eigenvalue weighted by molar-refractivity contribution is -0.119. The maximum absolute atomic E-state index is 13.2. The monoisotopic (exact) mass is 427 g/mol. The molecule has 2 aliphatic rings. The molecule has 7 heteroatoms. The lowest BCUT2D eigenvalue weighted by atomic mass is 10.1. The summed E-state index contributed by atoms with van der Waals surface area (Å²) in [4.78, 5) is 17.2. The molecule has 160 valence electrons. The van der Waals surface area contributed by atoms with E-state index >= 15 is 0 Å². The van der Waals surface area contributed by atoms with Crippen LogP contribution in [0.5, 0.6) is 0 Å². The van der Waals surface area contributed by atoms with E-state index in [1.165, 1.54) is 5.56 Å². The number of carbonyl (C=O) groups is 1. The van der Waals surface area contributed by atoms with E-state index in [0.717, 1.165) is 35.3 Å². The number of piperazine rings is 1. The summed E-state index contributed by atoms with van der Waals surface area (Å²) in [5.74, 6) is 0.0847. The minimum Gasteiger partial charge on any atom is -0.311 e. The van der Waals surface area contributed by atoms with E-state index in [1.807, 2.05) is 56.0 Å². The third kappa shape index (κ3) is 3.89. The number of sulfonamides is 1. The molecule has 0 aliphatic carbocycles. The molecule has 0 unspecified atom stereocenters. The van der Waals surface area contributed by atoms with Gasteiger partial charge in [-0.05, 0) is 49.9 Å². The summed E-state index contributed by atoms with van der Waals surface area (Å²) in [6.07, 6.45) is 0.892. The van der Waals surface area contributed by atoms with Crippen LogP contribution >= 0.6 is 0 Å². The minimum atomic E-state index is -3.54. The highest BCUT2D eigenvalue weighted by atomic mass is 32.2. The summed E-state index contributed by atoms with van der Waals surface area (Å²) >= 11 is 0. The molecule has 0 atom stereocenters. The van der Waals surface area contributed by atoms with E-state index in [0.29, 0.717) is 37.6 Å². The number of hydrogen-bond donors (Lipinski definition) is 0. The number of para-hydroxylation sites is 1. The van der Waals surface area contributed by atoms with Crippen LogP contribution in [0.2, 0.25) is 0 Å². The molecule has 4 rings (SSSR count). The Labute approximate surface area is 179 Å². The molecular weight excluding hydrogens is 398 g/mol. The molecule has 1 amide bonds. The van der Waals surface area contributed by atoms with E-state index in [2.05, 4.69) is 11.0 Å². The average Bonchev–Trinajstić information content (AvgIpc) is 3.11. The Balaban J connectivity index is 1.40. The summed E-state index contributed by atoms with van der Waals surface area (Å²) in [7, 11) is -3.54. The summed E-state index contributed by atoms with van der Waals surface area (Å²) < 4.78 is 28.1. The van der Waals surface area contributed by atoms with Crippen LogP contribution in [0.15, 0.2) is 41.3 Å². The molecule has 30 heavy (non-hydrogen) atoms. The van der Waals surface area contributed by atoms with Crippen LogP contribution in [0.4, 0.5) is 5.69 Å². The van der Waals surface area contributed by atoms with Crippen molar-refractivity contribution in [2.24, 2.45) is 0 Å². The fourth-order valence-corrected chi connectivity index (χ4v) is 6.54. The molecular formula is C23H29N3O3S. The van der Waals surface area contributed by atoms with Crippen molar-refractivity contribution in [3.8, 4) is 0 Å². The van der Waals surface area contributed by atoms with Crippen molar-refractivity contribution in [3.63, 3.8) is 0 Å². The van der Waals surface area contributed by atoms with E-state index in [9.17, 15) is 13.2 Å². The second-order valence-corrected chi connectivity index (χ2v) is 10.2. The van der Waals surface area contributed by atoms with Crippen molar-refractivity contribution in [2.45, 2.75) is 32.1 Å². The van der Waals surface area contributed by atoms with Crippen LogP contribution in [0.1, 0.15) is 22.3 Å². The van der Waals surface area contributed by atoms with Crippen molar-refractivity contribution in [1.82, 2.24) is 9.21 Å². The zero-order chi connectivity index (χ0) is 21.5. The smallest absolute Gasteiger partial charge is 0.243 e. The molecule has 2 aliphatic heterocycles. The predicted octanol–water partition coefficient (Wildman–Crippen LogP) is 2.51. The molecule has 2 heterocycles. The highest BCUT2D eigenvalue weighted by molar-refractivity contribution is 7.89. The number of rotatable bonds is 4. The first kappa shape index (κ1) is 21.0. The summed E-state index contributed by atoms with van der Waals surface area (Å²) in [5.41, 5.74) is 4.87. The molecule has 0 aromatic heterocycles. The molecule has 0 saturated carbocycles. The Hall–Kier alpha value is -2.22. The first-order chi connectivity index (χ1) is 14.3. The number of carbonyl (C=O) groups excluding carboxylic acids is 1. The third-order valence-corrected chi connectivity index (χ3v) is 8.29. The van der Waals surface area contributed by atoms with Crippen LogP contribution in [0.25, 0.3) is 0 Å². The van der Waals surface area contributed by atoms with Crippen molar-refractivity contribution >= 4 is 21.6 Å². The van der Waals surface area contributed by atoms with Gasteiger partial charge in [0.05, 0.1) is 11.4 Å². The highest BCUT2D eigenvalue weighted by Crippen LogP contribution is 2.28. The summed E-state index contributed by atoms with van der Waals surface area (Å²) in [6.45, 7) is 8.66. The zero-order valence-electron chi connectivity index (χ0n) is 17.9. The van der Waals surface area contributed by atoms with Crippen molar-refractivity contribution in [3.05, 3.63) is 58.7 Å². The SMILES string of the molecule is Cc1cc(C)c(S(=O)(=O)N2CCN(CC(=O)N3CCc4ccccc43)CC2)c(C)c1. The topological polar surface area (TPSA) is 60.9 Å². The van der Waals surface area contributed by atoms with Crippen LogP contribution in [-0.4, -0.2) is 62.8 Å². The first-order valence-electron chi connectivity index (χ1n) is 10.5. The lowest BCUT2D eigenvalue weighted by Gasteiger charge is -2.34. The van der Waals surface area contributed by atoms with Gasteiger partial charge in [-0.15, -0.1) is 0 Å². The summed E-state index contributed by atoms with van der Waals surface area (Å²) in [5, 5.41) is 0. The van der Waals surface area contributed by atoms with Gasteiger partial charge in [-0.25, -0.2) is 8.42 Å². The molecule has 0 radical (unpaired) electrons. The number of benzene rings is 2. The van der Waals surface area contributed by atoms with Gasteiger partial charge in [0.2, 0.25) is 15.9 Å². The Kier molecular flexibility index (Phi) is 5.70. The Bertz CT molecular complexity index is 1050. The highest BCUT2D eigenvalue weighted by Gasteiger charge is 2.32. The van der Waals surface area contributed by atoms with Gasteiger partial charge < -0.3 is 4.90 Å². The fraction of sp³-hybridized carbons (Fsp3) is 0.435. The van der Waals surface area contributed by atoms with Crippen LogP contribution in [0, 0.1) is 20.8 Å². The van der Waals surface area contributed by atoms with Crippen LogP contribution < -0.4 is 4.90 Å². The molecule has 1 saturated heterocycles. The quantitative estimate of drug-likeness (QED) is 0.752. The number of fused-ring (bicyclic) bond motifs is 1. The van der Waals surface area contributed by atoms with E-state index in [-0.39, 0.29) is 5.91 Å². The fourth-order valence-electron chi connectivity index (χ4n) is 4.70. The number of anilines is 1. The predicted molar refractivity (Wildman–Crippen MR) is 118 cm³/mol. The van der Waals surface area contributed by atoms with Gasteiger partial charge in [-0.3, -0.25) is 9.69 Å². The van der Waals surface area contributed by atoms with Crippen molar-refractivity contribution in [2.75, 3.05) is 44.2 Å². The van der Waals surface area contributed by atoms with Gasteiger partial charge in [0.15, 0.2) is 0 Å². The number of nitrogens with zero attached hydrogens (tertiary/aromatic N) is 3. The Morgan fingerprint density at radius 2 is 1.57 bits per heavy atom. The normalized spacial score (nSPS) is 17.9. The number of aryl methyl sites for hydroxylation is 3. The number of hydrogen-bond acceptors (Lipinski definition) is 4. The summed E-state index contributed by atoms with van der Waals surface area (Å²) in [6, 6.07) is 11.9. The second kappa shape index (κ2) is 8.13. The molecule has 2 aromatic carbocycles. The molecule has 2 aromatic rings. The average molecular weight is 428 g/mol. The first-order valence-corrected chi connectivity index (χ1v) is 11.9. The van der Waals surface area contributed by atoms with Gasteiger partial charge in [-0.1, -0.05) is 35.9 Å². The molecule has 6 nitrogen and oxygen atoms in total. The lowest BCUT2D eigenvalue weighted by Crippen LogP contribution is -2.51. The third-order valence-electron chi connectivity index (χ3n) is 6.08. The van der Waals surface area contributed by atoms with Gasteiger partial charge in [0.1, 0.15) is 0 Å². The largest absolute Gasteiger partial charge is 0.311 e. The van der Waals surface area contributed by atoms with Gasteiger partial charge in [0, 0.05) is 38.4 Å². The van der Waals surface area contributed by atoms with E-state index in [1.54, 1.807) is 4.31 Å². The maximum Gasteiger partial charge on any atom is 0.243 e. The van der Waals surface area contributed by atoms with Crippen LogP contribution in [0.3, 0.4) is 0 Å². The Morgan fingerprint density at radius 3 is 2.23 bits per heavy atom. The van der Waals surface area contributed by atoms with Crippen LogP contribution in [-0.2, 0) is 21.2 Å². The number of amides is 1. The van der Waals surface area contributed by atoms with E-state index in [4.69, 9.17) is 0 Å².